The van der Waals surface area contributed by atoms with Gasteiger partial charge in [-0.2, -0.15) is 0 Å². The Bertz CT molecular complexity index is 776. The summed E-state index contributed by atoms with van der Waals surface area (Å²) in [6.07, 6.45) is 3.05. The average Bonchev–Trinajstić information content (AvgIpc) is 3.07. The zero-order valence-corrected chi connectivity index (χ0v) is 13.4. The van der Waals surface area contributed by atoms with Crippen LogP contribution in [0.2, 0.25) is 0 Å². The van der Waals surface area contributed by atoms with E-state index in [1.807, 2.05) is 0 Å². The minimum Gasteiger partial charge on any atom is -0.477 e. The Balaban J connectivity index is 1.71. The highest BCUT2D eigenvalue weighted by Gasteiger charge is 2.27. The fourth-order valence-electron chi connectivity index (χ4n) is 3.22. The fraction of sp³-hybridized carbons (Fsp3) is 0.333. The van der Waals surface area contributed by atoms with E-state index < -0.39 is 11.8 Å². The molecule has 1 aliphatic rings. The van der Waals surface area contributed by atoms with Crippen LogP contribution in [0, 0.1) is 12.7 Å². The number of piperidine rings is 1. The van der Waals surface area contributed by atoms with Gasteiger partial charge in [-0.15, -0.1) is 0 Å². The Morgan fingerprint density at radius 1 is 1.17 bits per heavy atom. The summed E-state index contributed by atoms with van der Waals surface area (Å²) in [7, 11) is 0. The summed E-state index contributed by atoms with van der Waals surface area (Å²) in [5.74, 6) is -1.73. The van der Waals surface area contributed by atoms with Crippen molar-refractivity contribution in [2.45, 2.75) is 25.8 Å². The van der Waals surface area contributed by atoms with E-state index in [-0.39, 0.29) is 23.2 Å². The van der Waals surface area contributed by atoms with Crippen molar-refractivity contribution in [1.29, 1.82) is 0 Å². The van der Waals surface area contributed by atoms with E-state index >= 15 is 0 Å². The number of hydrogen-bond donors (Lipinski definition) is 1. The van der Waals surface area contributed by atoms with Gasteiger partial charge in [-0.1, -0.05) is 12.1 Å². The molecule has 1 N–H and O–H groups in total. The molecule has 3 rings (SSSR count). The molecule has 0 spiro atoms. The molecule has 126 valence electrons. The highest BCUT2D eigenvalue weighted by molar-refractivity contribution is 5.94. The van der Waals surface area contributed by atoms with Crippen LogP contribution in [0.5, 0.6) is 0 Å². The molecule has 5 nitrogen and oxygen atoms in total. The van der Waals surface area contributed by atoms with Gasteiger partial charge in [0, 0.05) is 25.3 Å². The first-order chi connectivity index (χ1) is 11.5. The number of aromatic nitrogens is 1. The van der Waals surface area contributed by atoms with E-state index in [4.69, 9.17) is 0 Å². The lowest BCUT2D eigenvalue weighted by Crippen LogP contribution is -2.39. The van der Waals surface area contributed by atoms with E-state index in [0.29, 0.717) is 31.5 Å². The summed E-state index contributed by atoms with van der Waals surface area (Å²) in [6.45, 7) is 2.60. The number of carbonyl (C=O) groups excluding carboxylic acids is 1. The molecule has 2 aromatic rings. The third-order valence-corrected chi connectivity index (χ3v) is 4.57. The van der Waals surface area contributed by atoms with Crippen molar-refractivity contribution in [3.8, 4) is 0 Å². The number of carboxylic acids is 1. The molecule has 0 atom stereocenters. The Hall–Kier alpha value is -2.63. The van der Waals surface area contributed by atoms with Crippen LogP contribution in [0.4, 0.5) is 4.39 Å². The second-order valence-electron chi connectivity index (χ2n) is 6.07. The monoisotopic (exact) mass is 330 g/mol. The SMILES string of the molecule is Cc1cccc(C(=O)N2CCC(n3cccc3C(=O)O)CC2)c1F. The van der Waals surface area contributed by atoms with Gasteiger partial charge in [0.1, 0.15) is 11.5 Å². The number of carboxylic acid groups (broad SMARTS) is 1. The normalized spacial score (nSPS) is 15.5. The maximum Gasteiger partial charge on any atom is 0.352 e. The summed E-state index contributed by atoms with van der Waals surface area (Å²) in [5, 5.41) is 9.20. The number of likely N-dealkylation sites (tertiary alicyclic amines) is 1. The highest BCUT2D eigenvalue weighted by Crippen LogP contribution is 2.26. The summed E-state index contributed by atoms with van der Waals surface area (Å²) in [4.78, 5) is 25.4. The van der Waals surface area contributed by atoms with Crippen molar-refractivity contribution in [3.63, 3.8) is 0 Å². The number of hydrogen-bond acceptors (Lipinski definition) is 2. The zero-order valence-electron chi connectivity index (χ0n) is 13.4. The predicted molar refractivity (Wildman–Crippen MR) is 86.7 cm³/mol. The maximum atomic E-state index is 14.1. The van der Waals surface area contributed by atoms with Crippen LogP contribution >= 0.6 is 0 Å². The lowest BCUT2D eigenvalue weighted by molar-refractivity contribution is 0.0648. The molecule has 1 aromatic carbocycles. The molecule has 1 fully saturated rings. The van der Waals surface area contributed by atoms with Gasteiger partial charge in [-0.05, 0) is 43.5 Å². The predicted octanol–water partition coefficient (Wildman–Crippen LogP) is 3.11. The van der Waals surface area contributed by atoms with E-state index in [1.165, 1.54) is 6.07 Å². The van der Waals surface area contributed by atoms with E-state index in [9.17, 15) is 19.1 Å². The summed E-state index contributed by atoms with van der Waals surface area (Å²) in [6, 6.07) is 8.14. The number of carbonyl (C=O) groups is 2. The average molecular weight is 330 g/mol. The van der Waals surface area contributed by atoms with Crippen LogP contribution in [0.15, 0.2) is 36.5 Å². The van der Waals surface area contributed by atoms with E-state index in [1.54, 1.807) is 46.9 Å². The Labute approximate surface area is 139 Å². The second-order valence-corrected chi connectivity index (χ2v) is 6.07. The number of nitrogens with zero attached hydrogens (tertiary/aromatic N) is 2. The third kappa shape index (κ3) is 2.91. The molecule has 0 radical (unpaired) electrons. The van der Waals surface area contributed by atoms with Gasteiger partial charge in [-0.25, -0.2) is 9.18 Å². The molecule has 0 aliphatic carbocycles. The Kier molecular flexibility index (Phi) is 4.38. The molecule has 1 aliphatic heterocycles. The molecule has 24 heavy (non-hydrogen) atoms. The quantitative estimate of drug-likeness (QED) is 0.940. The Morgan fingerprint density at radius 2 is 1.88 bits per heavy atom. The van der Waals surface area contributed by atoms with Crippen LogP contribution in [-0.2, 0) is 0 Å². The second kappa shape index (κ2) is 6.47. The first kappa shape index (κ1) is 16.2. The van der Waals surface area contributed by atoms with Gasteiger partial charge < -0.3 is 14.6 Å². The minimum absolute atomic E-state index is 0.0394. The number of benzene rings is 1. The first-order valence-electron chi connectivity index (χ1n) is 7.93. The Morgan fingerprint density at radius 3 is 2.54 bits per heavy atom. The molecule has 1 aromatic heterocycles. The van der Waals surface area contributed by atoms with Crippen LogP contribution < -0.4 is 0 Å². The zero-order chi connectivity index (χ0) is 17.3. The molecule has 0 unspecified atom stereocenters. The topological polar surface area (TPSA) is 62.5 Å². The smallest absolute Gasteiger partial charge is 0.352 e. The number of aromatic carboxylic acids is 1. The van der Waals surface area contributed by atoms with Gasteiger partial charge in [0.25, 0.3) is 5.91 Å². The van der Waals surface area contributed by atoms with Gasteiger partial charge in [-0.3, -0.25) is 4.79 Å². The molecule has 2 heterocycles. The lowest BCUT2D eigenvalue weighted by atomic mass is 10.0. The fourth-order valence-corrected chi connectivity index (χ4v) is 3.22. The molecule has 1 amide bonds. The van der Waals surface area contributed by atoms with Crippen molar-refractivity contribution in [2.24, 2.45) is 0 Å². The molecule has 1 saturated heterocycles. The maximum absolute atomic E-state index is 14.1. The van der Waals surface area contributed by atoms with Crippen molar-refractivity contribution >= 4 is 11.9 Å². The summed E-state index contributed by atoms with van der Waals surface area (Å²) in [5.41, 5.74) is 0.805. The number of amides is 1. The minimum atomic E-state index is -0.958. The number of rotatable bonds is 3. The van der Waals surface area contributed by atoms with Gasteiger partial charge >= 0.3 is 5.97 Å². The molecule has 0 bridgehead atoms. The number of halogens is 1. The van der Waals surface area contributed by atoms with Crippen molar-refractivity contribution < 1.29 is 19.1 Å². The number of aryl methyl sites for hydroxylation is 1. The highest BCUT2D eigenvalue weighted by atomic mass is 19.1. The van der Waals surface area contributed by atoms with Crippen LogP contribution in [-0.4, -0.2) is 39.5 Å². The van der Waals surface area contributed by atoms with E-state index in [2.05, 4.69) is 0 Å². The van der Waals surface area contributed by atoms with Crippen molar-refractivity contribution in [2.75, 3.05) is 13.1 Å². The summed E-state index contributed by atoms with van der Waals surface area (Å²) >= 11 is 0. The van der Waals surface area contributed by atoms with Crippen LogP contribution in [0.25, 0.3) is 0 Å². The van der Waals surface area contributed by atoms with Gasteiger partial charge in [0.15, 0.2) is 0 Å². The lowest BCUT2D eigenvalue weighted by Gasteiger charge is -2.33. The first-order valence-corrected chi connectivity index (χ1v) is 7.93. The summed E-state index contributed by atoms with van der Waals surface area (Å²) < 4.78 is 15.9. The molecular formula is C18H19FN2O3. The van der Waals surface area contributed by atoms with Crippen molar-refractivity contribution in [1.82, 2.24) is 9.47 Å². The van der Waals surface area contributed by atoms with Gasteiger partial charge in [0.2, 0.25) is 0 Å². The van der Waals surface area contributed by atoms with E-state index in [0.717, 1.165) is 0 Å². The van der Waals surface area contributed by atoms with Crippen LogP contribution in [0.3, 0.4) is 0 Å². The molecule has 0 saturated carbocycles. The van der Waals surface area contributed by atoms with Gasteiger partial charge in [0.05, 0.1) is 5.56 Å². The third-order valence-electron chi connectivity index (χ3n) is 4.57. The largest absolute Gasteiger partial charge is 0.477 e. The molecular weight excluding hydrogens is 311 g/mol. The van der Waals surface area contributed by atoms with Crippen molar-refractivity contribution in [3.05, 3.63) is 59.2 Å². The van der Waals surface area contributed by atoms with Crippen LogP contribution in [0.1, 0.15) is 45.3 Å². The standard InChI is InChI=1S/C18H19FN2O3/c1-12-4-2-5-14(16(12)19)17(22)20-10-7-13(8-11-20)21-9-3-6-15(21)18(23)24/h2-6,9,13H,7-8,10-11H2,1H3,(H,23,24). The molecule has 6 heteroatoms.